The first kappa shape index (κ1) is 19.6. The molecule has 2 heterocycles. The van der Waals surface area contributed by atoms with Crippen LogP contribution in [0.3, 0.4) is 0 Å². The van der Waals surface area contributed by atoms with Gasteiger partial charge >= 0.3 is 0 Å². The first-order chi connectivity index (χ1) is 13.7. The fourth-order valence-electron chi connectivity index (χ4n) is 2.54. The van der Waals surface area contributed by atoms with Crippen LogP contribution in [0.2, 0.25) is 0 Å². The Morgan fingerprint density at radius 3 is 2.82 bits per heavy atom. The Labute approximate surface area is 167 Å². The zero-order chi connectivity index (χ0) is 19.8. The van der Waals surface area contributed by atoms with Crippen LogP contribution in [0.5, 0.6) is 5.75 Å². The fourth-order valence-corrected chi connectivity index (χ4v) is 3.29. The molecule has 7 nitrogen and oxygen atoms in total. The second-order valence-corrected chi connectivity index (χ2v) is 6.63. The number of nitrogens with zero attached hydrogens (tertiary/aromatic N) is 4. The molecule has 144 valence electrons. The van der Waals surface area contributed by atoms with Gasteiger partial charge in [-0.05, 0) is 31.2 Å². The minimum absolute atomic E-state index is 0.148. The van der Waals surface area contributed by atoms with Crippen LogP contribution in [-0.4, -0.2) is 38.0 Å². The summed E-state index contributed by atoms with van der Waals surface area (Å²) in [5.74, 6) is 1.34. The van der Waals surface area contributed by atoms with Crippen LogP contribution < -0.4 is 10.1 Å². The van der Waals surface area contributed by atoms with E-state index in [4.69, 9.17) is 4.74 Å². The lowest BCUT2D eigenvalue weighted by Gasteiger charge is -2.11. The summed E-state index contributed by atoms with van der Waals surface area (Å²) in [6.45, 7) is 6.75. The van der Waals surface area contributed by atoms with Gasteiger partial charge in [-0.1, -0.05) is 36.0 Å². The molecule has 8 heteroatoms. The summed E-state index contributed by atoms with van der Waals surface area (Å²) < 4.78 is 7.43. The average molecular weight is 395 g/mol. The molecule has 0 saturated heterocycles. The van der Waals surface area contributed by atoms with Gasteiger partial charge in [0.25, 0.3) is 0 Å². The lowest BCUT2D eigenvalue weighted by Crippen LogP contribution is -2.15. The molecule has 0 bridgehead atoms. The molecule has 0 aliphatic carbocycles. The summed E-state index contributed by atoms with van der Waals surface area (Å²) in [7, 11) is 0. The van der Waals surface area contributed by atoms with Gasteiger partial charge < -0.3 is 10.1 Å². The number of amides is 1. The van der Waals surface area contributed by atoms with Crippen LogP contribution in [0.1, 0.15) is 6.92 Å². The lowest BCUT2D eigenvalue weighted by molar-refractivity contribution is -0.113. The number of hydrogen-bond donors (Lipinski definition) is 1. The third-order valence-electron chi connectivity index (χ3n) is 3.72. The number of para-hydroxylation sites is 2. The molecule has 0 aliphatic rings. The highest BCUT2D eigenvalue weighted by Gasteiger charge is 2.16. The van der Waals surface area contributed by atoms with Crippen LogP contribution in [0, 0.1) is 0 Å². The molecule has 0 atom stereocenters. The minimum atomic E-state index is -0.148. The van der Waals surface area contributed by atoms with Crippen molar-refractivity contribution in [2.45, 2.75) is 18.6 Å². The van der Waals surface area contributed by atoms with E-state index in [1.807, 2.05) is 54.0 Å². The number of thioether (sulfide) groups is 1. The summed E-state index contributed by atoms with van der Waals surface area (Å²) in [4.78, 5) is 16.7. The fraction of sp³-hybridized carbons (Fsp3) is 0.200. The number of benzene rings is 1. The molecule has 0 saturated carbocycles. The van der Waals surface area contributed by atoms with Crippen LogP contribution in [0.25, 0.3) is 11.5 Å². The standard InChI is InChI=1S/C20H21N5O2S/c1-3-13-25-19(16-10-7-8-12-21-16)23-24-20(25)28-14-18(26)22-15-9-5-6-11-17(15)27-4-2/h3,5-12H,1,4,13-14H2,2H3,(H,22,26). The normalized spacial score (nSPS) is 10.5. The third kappa shape index (κ3) is 4.77. The van der Waals surface area contributed by atoms with Gasteiger partial charge in [-0.15, -0.1) is 16.8 Å². The SMILES string of the molecule is C=CCn1c(SCC(=O)Nc2ccccc2OCC)nnc1-c1ccccn1. The predicted molar refractivity (Wildman–Crippen MR) is 110 cm³/mol. The predicted octanol–water partition coefficient (Wildman–Crippen LogP) is 3.66. The lowest BCUT2D eigenvalue weighted by atomic mass is 10.3. The van der Waals surface area contributed by atoms with Gasteiger partial charge in [-0.3, -0.25) is 14.3 Å². The molecule has 0 spiro atoms. The van der Waals surface area contributed by atoms with Gasteiger partial charge in [0.1, 0.15) is 11.4 Å². The molecular weight excluding hydrogens is 374 g/mol. The molecule has 0 fully saturated rings. The number of allylic oxidation sites excluding steroid dienone is 1. The molecule has 2 aromatic heterocycles. The van der Waals surface area contributed by atoms with E-state index < -0.39 is 0 Å². The number of aromatic nitrogens is 4. The van der Waals surface area contributed by atoms with Crippen molar-refractivity contribution < 1.29 is 9.53 Å². The second-order valence-electron chi connectivity index (χ2n) is 5.69. The maximum Gasteiger partial charge on any atom is 0.234 e. The average Bonchev–Trinajstić information content (AvgIpc) is 3.12. The smallest absolute Gasteiger partial charge is 0.234 e. The number of nitrogens with one attached hydrogen (secondary N) is 1. The summed E-state index contributed by atoms with van der Waals surface area (Å²) in [6, 6.07) is 13.0. The van der Waals surface area contributed by atoms with Gasteiger partial charge in [0, 0.05) is 12.7 Å². The highest BCUT2D eigenvalue weighted by Crippen LogP contribution is 2.25. The number of anilines is 1. The maximum absolute atomic E-state index is 12.4. The number of carbonyl (C=O) groups excluding carboxylic acids is 1. The molecule has 1 N–H and O–H groups in total. The van der Waals surface area contributed by atoms with E-state index in [0.29, 0.717) is 35.6 Å². The van der Waals surface area contributed by atoms with Gasteiger partial charge in [0.15, 0.2) is 11.0 Å². The van der Waals surface area contributed by atoms with Crippen molar-refractivity contribution in [3.8, 4) is 17.3 Å². The molecule has 28 heavy (non-hydrogen) atoms. The van der Waals surface area contributed by atoms with Crippen molar-refractivity contribution >= 4 is 23.4 Å². The Kier molecular flexibility index (Phi) is 6.80. The van der Waals surface area contributed by atoms with Crippen molar-refractivity contribution in [1.29, 1.82) is 0 Å². The Morgan fingerprint density at radius 1 is 1.25 bits per heavy atom. The summed E-state index contributed by atoms with van der Waals surface area (Å²) in [5.41, 5.74) is 1.37. The van der Waals surface area contributed by atoms with Crippen LogP contribution >= 0.6 is 11.8 Å². The molecule has 1 aromatic carbocycles. The van der Waals surface area contributed by atoms with Crippen molar-refractivity contribution in [2.24, 2.45) is 0 Å². The van der Waals surface area contributed by atoms with E-state index in [0.717, 1.165) is 5.69 Å². The highest BCUT2D eigenvalue weighted by atomic mass is 32.2. The van der Waals surface area contributed by atoms with Crippen molar-refractivity contribution in [2.75, 3.05) is 17.7 Å². The molecule has 0 radical (unpaired) electrons. The van der Waals surface area contributed by atoms with E-state index in [1.54, 1.807) is 12.3 Å². The molecular formula is C20H21N5O2S. The van der Waals surface area contributed by atoms with E-state index in [2.05, 4.69) is 27.1 Å². The number of hydrogen-bond acceptors (Lipinski definition) is 6. The summed E-state index contributed by atoms with van der Waals surface area (Å²) in [6.07, 6.45) is 3.47. The maximum atomic E-state index is 12.4. The van der Waals surface area contributed by atoms with E-state index in [9.17, 15) is 4.79 Å². The largest absolute Gasteiger partial charge is 0.492 e. The molecule has 0 aliphatic heterocycles. The Morgan fingerprint density at radius 2 is 2.07 bits per heavy atom. The molecule has 0 unspecified atom stereocenters. The van der Waals surface area contributed by atoms with Gasteiger partial charge in [-0.25, -0.2) is 0 Å². The summed E-state index contributed by atoms with van der Waals surface area (Å²) in [5, 5.41) is 12.0. The number of ether oxygens (including phenoxy) is 1. The van der Waals surface area contributed by atoms with E-state index >= 15 is 0 Å². The Hall–Kier alpha value is -3.13. The molecule has 3 rings (SSSR count). The van der Waals surface area contributed by atoms with E-state index in [-0.39, 0.29) is 11.7 Å². The van der Waals surface area contributed by atoms with Gasteiger partial charge in [-0.2, -0.15) is 0 Å². The monoisotopic (exact) mass is 395 g/mol. The van der Waals surface area contributed by atoms with Crippen molar-refractivity contribution in [1.82, 2.24) is 19.7 Å². The van der Waals surface area contributed by atoms with Crippen LogP contribution in [-0.2, 0) is 11.3 Å². The number of pyridine rings is 1. The van der Waals surface area contributed by atoms with Crippen molar-refractivity contribution in [3.63, 3.8) is 0 Å². The first-order valence-electron chi connectivity index (χ1n) is 8.83. The minimum Gasteiger partial charge on any atom is -0.492 e. The molecule has 3 aromatic rings. The zero-order valence-corrected chi connectivity index (χ0v) is 16.4. The second kappa shape index (κ2) is 9.70. The Bertz CT molecular complexity index is 943. The number of rotatable bonds is 9. The summed E-state index contributed by atoms with van der Waals surface area (Å²) >= 11 is 1.31. The third-order valence-corrected chi connectivity index (χ3v) is 4.68. The quantitative estimate of drug-likeness (QED) is 0.440. The molecule has 1 amide bonds. The Balaban J connectivity index is 1.70. The van der Waals surface area contributed by atoms with Crippen LogP contribution in [0.15, 0.2) is 66.5 Å². The van der Waals surface area contributed by atoms with Gasteiger partial charge in [0.2, 0.25) is 5.91 Å². The van der Waals surface area contributed by atoms with Crippen molar-refractivity contribution in [3.05, 3.63) is 61.3 Å². The van der Waals surface area contributed by atoms with E-state index in [1.165, 1.54) is 11.8 Å². The van der Waals surface area contributed by atoms with Gasteiger partial charge in [0.05, 0.1) is 18.0 Å². The zero-order valence-electron chi connectivity index (χ0n) is 15.5. The first-order valence-corrected chi connectivity index (χ1v) is 9.81. The number of carbonyl (C=O) groups is 1. The van der Waals surface area contributed by atoms with Crippen LogP contribution in [0.4, 0.5) is 5.69 Å². The topological polar surface area (TPSA) is 81.9 Å². The highest BCUT2D eigenvalue weighted by molar-refractivity contribution is 7.99.